The molecule has 0 radical (unpaired) electrons. The molecule has 0 atom stereocenters. The van der Waals surface area contributed by atoms with Gasteiger partial charge in [-0.3, -0.25) is 0 Å². The largest absolute Gasteiger partial charge is 0.512 e. The molecule has 0 saturated heterocycles. The molecule has 1 N–H and O–H groups in total. The Morgan fingerprint density at radius 3 is 1.80 bits per heavy atom. The SMILES string of the molecule is CCC[n+]1ccn(-c2ccc(C)cc2)c1.O=S(=O)(NS(=O)(=O)C(F)(F)F)C(F)(F)F. The smallest absolute Gasteiger partial charge is 0.236 e. The summed E-state index contributed by atoms with van der Waals surface area (Å²) in [5, 5.41) is 0. The predicted octanol–water partition coefficient (Wildman–Crippen LogP) is 2.76. The average Bonchev–Trinajstić information content (AvgIpc) is 3.02. The van der Waals surface area contributed by atoms with Crippen molar-refractivity contribution in [1.82, 2.24) is 8.69 Å². The first-order valence-corrected chi connectivity index (χ1v) is 11.0. The molecule has 0 aliphatic heterocycles. The number of nitrogens with one attached hydrogen (secondary N) is 1. The Kier molecular flexibility index (Phi) is 8.07. The molecule has 30 heavy (non-hydrogen) atoms. The van der Waals surface area contributed by atoms with Crippen molar-refractivity contribution < 1.29 is 47.7 Å². The average molecular weight is 482 g/mol. The highest BCUT2D eigenvalue weighted by molar-refractivity contribution is 8.05. The number of nitrogens with zero attached hydrogens (tertiary/aromatic N) is 2. The molecule has 170 valence electrons. The van der Waals surface area contributed by atoms with Crippen molar-refractivity contribution >= 4 is 20.0 Å². The highest BCUT2D eigenvalue weighted by atomic mass is 32.3. The van der Waals surface area contributed by atoms with E-state index in [-0.39, 0.29) is 0 Å². The lowest BCUT2D eigenvalue weighted by Gasteiger charge is -2.11. The minimum Gasteiger partial charge on any atom is -0.236 e. The Hall–Kier alpha value is -2.13. The molecule has 0 bridgehead atoms. The van der Waals surface area contributed by atoms with Gasteiger partial charge in [0, 0.05) is 0 Å². The number of rotatable bonds is 5. The van der Waals surface area contributed by atoms with Gasteiger partial charge in [0.15, 0.2) is 0 Å². The summed E-state index contributed by atoms with van der Waals surface area (Å²) in [6.07, 6.45) is 7.51. The fourth-order valence-corrected chi connectivity index (χ4v) is 3.80. The van der Waals surface area contributed by atoms with Crippen molar-refractivity contribution in [3.8, 4) is 5.69 Å². The van der Waals surface area contributed by atoms with Crippen LogP contribution in [-0.4, -0.2) is 32.4 Å². The zero-order chi connectivity index (χ0) is 23.4. The van der Waals surface area contributed by atoms with E-state index in [1.54, 1.807) is 0 Å². The van der Waals surface area contributed by atoms with Crippen LogP contribution in [0, 0.1) is 6.92 Å². The maximum atomic E-state index is 11.5. The van der Waals surface area contributed by atoms with Crippen LogP contribution in [0.15, 0.2) is 43.0 Å². The number of alkyl halides is 6. The minimum absolute atomic E-state index is 0.493. The number of halogens is 6. The van der Waals surface area contributed by atoms with E-state index in [2.05, 4.69) is 66.0 Å². The summed E-state index contributed by atoms with van der Waals surface area (Å²) in [6, 6.07) is 8.57. The third kappa shape index (κ3) is 6.98. The second-order valence-corrected chi connectivity index (χ2v) is 9.48. The van der Waals surface area contributed by atoms with Crippen molar-refractivity contribution in [2.75, 3.05) is 0 Å². The van der Waals surface area contributed by atoms with E-state index in [4.69, 9.17) is 0 Å². The van der Waals surface area contributed by atoms with Crippen LogP contribution in [0.5, 0.6) is 0 Å². The molecule has 1 aromatic carbocycles. The van der Waals surface area contributed by atoms with Gasteiger partial charge in [-0.1, -0.05) is 28.7 Å². The van der Waals surface area contributed by atoms with Crippen molar-refractivity contribution in [1.29, 1.82) is 0 Å². The summed E-state index contributed by atoms with van der Waals surface area (Å²) in [6.45, 7) is 5.38. The third-order valence-electron chi connectivity index (χ3n) is 3.33. The Bertz CT molecular complexity index is 1000. The number of imidazole rings is 1. The molecule has 2 rings (SSSR count). The number of benzene rings is 1. The monoisotopic (exact) mass is 482 g/mol. The van der Waals surface area contributed by atoms with Crippen LogP contribution in [0.25, 0.3) is 5.69 Å². The van der Waals surface area contributed by atoms with Gasteiger partial charge < -0.3 is 0 Å². The molecular weight excluding hydrogens is 464 g/mol. The van der Waals surface area contributed by atoms with Crippen LogP contribution < -0.4 is 8.69 Å². The van der Waals surface area contributed by atoms with Crippen LogP contribution in [0.4, 0.5) is 26.3 Å². The lowest BCUT2D eigenvalue weighted by molar-refractivity contribution is -0.696. The van der Waals surface area contributed by atoms with Gasteiger partial charge in [0.1, 0.15) is 18.1 Å². The van der Waals surface area contributed by atoms with E-state index in [1.165, 1.54) is 17.7 Å². The molecule has 2 aromatic rings. The van der Waals surface area contributed by atoms with Crippen LogP contribution >= 0.6 is 0 Å². The summed E-state index contributed by atoms with van der Waals surface area (Å²) in [5.41, 5.74) is -9.78. The van der Waals surface area contributed by atoms with Crippen LogP contribution in [0.2, 0.25) is 0 Å². The van der Waals surface area contributed by atoms with Gasteiger partial charge in [-0.05, 0) is 25.5 Å². The Labute approximate surface area is 169 Å². The first kappa shape index (κ1) is 25.9. The Balaban J connectivity index is 0.000000300. The number of aryl methyl sites for hydroxylation is 2. The number of hydrogen-bond acceptors (Lipinski definition) is 4. The van der Waals surface area contributed by atoms with E-state index in [0.717, 1.165) is 6.54 Å². The van der Waals surface area contributed by atoms with Gasteiger partial charge in [0.2, 0.25) is 6.33 Å². The topological polar surface area (TPSA) is 89.1 Å². The molecule has 0 amide bonds. The number of sulfonamides is 2. The molecule has 0 aliphatic carbocycles. The molecule has 1 heterocycles. The second-order valence-electron chi connectivity index (χ2n) is 5.88. The number of aromatic nitrogens is 2. The van der Waals surface area contributed by atoms with E-state index < -0.39 is 35.2 Å². The van der Waals surface area contributed by atoms with E-state index in [0.29, 0.717) is 0 Å². The molecule has 0 saturated carbocycles. The van der Waals surface area contributed by atoms with E-state index >= 15 is 0 Å². The Morgan fingerprint density at radius 2 is 1.40 bits per heavy atom. The third-order valence-corrected chi connectivity index (χ3v) is 6.31. The van der Waals surface area contributed by atoms with Gasteiger partial charge in [-0.2, -0.15) is 26.3 Å². The maximum Gasteiger partial charge on any atom is 0.512 e. The highest BCUT2D eigenvalue weighted by Gasteiger charge is 2.55. The Morgan fingerprint density at radius 1 is 0.933 bits per heavy atom. The molecule has 0 unspecified atom stereocenters. The molecule has 0 fully saturated rings. The first-order chi connectivity index (χ1) is 13.5. The van der Waals surface area contributed by atoms with Crippen LogP contribution in [0.3, 0.4) is 0 Å². The van der Waals surface area contributed by atoms with Gasteiger partial charge in [-0.15, -0.1) is 0 Å². The predicted molar refractivity (Wildman–Crippen MR) is 94.1 cm³/mol. The summed E-state index contributed by atoms with van der Waals surface area (Å²) < 4.78 is 113. The first-order valence-electron chi connectivity index (χ1n) is 8.05. The zero-order valence-electron chi connectivity index (χ0n) is 15.6. The minimum atomic E-state index is -6.60. The second kappa shape index (κ2) is 9.34. The molecule has 15 heteroatoms. The zero-order valence-corrected chi connectivity index (χ0v) is 17.2. The lowest BCUT2D eigenvalue weighted by atomic mass is 10.2. The molecule has 0 aliphatic rings. The van der Waals surface area contributed by atoms with Gasteiger partial charge in [0.25, 0.3) is 0 Å². The fourth-order valence-electron chi connectivity index (χ4n) is 1.89. The summed E-state index contributed by atoms with van der Waals surface area (Å²) in [4.78, 5) is 0. The maximum absolute atomic E-state index is 11.5. The van der Waals surface area contributed by atoms with Crippen molar-refractivity contribution in [2.45, 2.75) is 37.8 Å². The van der Waals surface area contributed by atoms with Crippen molar-refractivity contribution in [2.24, 2.45) is 0 Å². The molecular formula is C15H18F6N3O4S2+. The van der Waals surface area contributed by atoms with E-state index in [9.17, 15) is 43.2 Å². The summed E-state index contributed by atoms with van der Waals surface area (Å²) in [7, 11) is -13.2. The molecule has 1 aromatic heterocycles. The normalized spacial score (nSPS) is 12.9. The molecule has 7 nitrogen and oxygen atoms in total. The summed E-state index contributed by atoms with van der Waals surface area (Å²) >= 11 is 0. The quantitative estimate of drug-likeness (QED) is 0.525. The summed E-state index contributed by atoms with van der Waals surface area (Å²) in [5.74, 6) is 0. The highest BCUT2D eigenvalue weighted by Crippen LogP contribution is 2.27. The van der Waals surface area contributed by atoms with Gasteiger partial charge in [0.05, 0.1) is 6.54 Å². The van der Waals surface area contributed by atoms with Crippen LogP contribution in [0.1, 0.15) is 18.9 Å². The van der Waals surface area contributed by atoms with Crippen molar-refractivity contribution in [3.63, 3.8) is 0 Å². The van der Waals surface area contributed by atoms with Crippen molar-refractivity contribution in [3.05, 3.63) is 48.5 Å². The number of hydrogen-bond donors (Lipinski definition) is 1. The van der Waals surface area contributed by atoms with Gasteiger partial charge >= 0.3 is 31.1 Å². The lowest BCUT2D eigenvalue weighted by Crippen LogP contribution is -2.45. The standard InChI is InChI=1S/C13H17N2.C2HF6NO4S2/c1-3-8-14-9-10-15(11-14)13-6-4-12(2)5-7-13;3-1(4,5)14(10,11)9-15(12,13)2(6,7)8/h4-7,9-11H,3,8H2,1-2H3;9H/q+1;. The molecule has 0 spiro atoms. The van der Waals surface area contributed by atoms with Crippen LogP contribution in [-0.2, 0) is 26.6 Å². The van der Waals surface area contributed by atoms with Gasteiger partial charge in [-0.25, -0.2) is 26.0 Å². The van der Waals surface area contributed by atoms with E-state index in [1.807, 2.05) is 0 Å². The fraction of sp³-hybridized carbons (Fsp3) is 0.400.